The monoisotopic (exact) mass is 228 g/mol. The van der Waals surface area contributed by atoms with E-state index in [1.807, 2.05) is 12.1 Å². The molecule has 2 aromatic rings. The van der Waals surface area contributed by atoms with Gasteiger partial charge in [0.05, 0.1) is 24.1 Å². The van der Waals surface area contributed by atoms with E-state index in [0.717, 1.165) is 11.3 Å². The van der Waals surface area contributed by atoms with Crippen LogP contribution in [0.2, 0.25) is 0 Å². The topological polar surface area (TPSA) is 52.1 Å². The van der Waals surface area contributed by atoms with Crippen molar-refractivity contribution >= 4 is 5.97 Å². The average Bonchev–Trinajstić information content (AvgIpc) is 2.39. The van der Waals surface area contributed by atoms with Gasteiger partial charge in [0.25, 0.3) is 0 Å². The third-order valence-corrected chi connectivity index (χ3v) is 2.45. The van der Waals surface area contributed by atoms with Gasteiger partial charge >= 0.3 is 5.97 Å². The summed E-state index contributed by atoms with van der Waals surface area (Å²) in [6, 6.07) is 7.28. The van der Waals surface area contributed by atoms with Crippen LogP contribution in [0.5, 0.6) is 0 Å². The van der Waals surface area contributed by atoms with Crippen molar-refractivity contribution in [2.45, 2.75) is 6.92 Å². The lowest BCUT2D eigenvalue weighted by Crippen LogP contribution is -2.05. The van der Waals surface area contributed by atoms with Gasteiger partial charge in [-0.15, -0.1) is 0 Å². The summed E-state index contributed by atoms with van der Waals surface area (Å²) in [5, 5.41) is 0. The van der Waals surface area contributed by atoms with Crippen molar-refractivity contribution in [3.8, 4) is 11.3 Å². The van der Waals surface area contributed by atoms with Gasteiger partial charge in [-0.3, -0.25) is 9.97 Å². The Morgan fingerprint density at radius 1 is 1.29 bits per heavy atom. The Kier molecular flexibility index (Phi) is 3.14. The number of ether oxygens (including phenoxy) is 1. The van der Waals surface area contributed by atoms with Gasteiger partial charge in [-0.05, 0) is 31.2 Å². The minimum Gasteiger partial charge on any atom is -0.465 e. The van der Waals surface area contributed by atoms with Crippen LogP contribution in [-0.2, 0) is 4.74 Å². The molecule has 0 saturated heterocycles. The van der Waals surface area contributed by atoms with Crippen LogP contribution >= 0.6 is 0 Å². The molecule has 86 valence electrons. The van der Waals surface area contributed by atoms with Gasteiger partial charge < -0.3 is 4.74 Å². The summed E-state index contributed by atoms with van der Waals surface area (Å²) in [6.07, 6.45) is 3.44. The summed E-state index contributed by atoms with van der Waals surface area (Å²) in [5.41, 5.74) is 2.86. The van der Waals surface area contributed by atoms with Crippen LogP contribution in [0.15, 0.2) is 36.7 Å². The van der Waals surface area contributed by atoms with Crippen LogP contribution in [0, 0.1) is 6.92 Å². The Labute approximate surface area is 99.3 Å². The molecule has 0 aliphatic carbocycles. The number of pyridine rings is 2. The lowest BCUT2D eigenvalue weighted by molar-refractivity contribution is 0.0599. The van der Waals surface area contributed by atoms with Crippen LogP contribution in [0.3, 0.4) is 0 Å². The van der Waals surface area contributed by atoms with Crippen LogP contribution in [-0.4, -0.2) is 23.0 Å². The number of aromatic nitrogens is 2. The zero-order chi connectivity index (χ0) is 12.3. The molecular weight excluding hydrogens is 216 g/mol. The van der Waals surface area contributed by atoms with Gasteiger partial charge in [0.1, 0.15) is 0 Å². The van der Waals surface area contributed by atoms with Gasteiger partial charge in [-0.2, -0.15) is 0 Å². The third kappa shape index (κ3) is 2.30. The molecule has 0 saturated carbocycles. The van der Waals surface area contributed by atoms with Gasteiger partial charge in [0.2, 0.25) is 0 Å². The largest absolute Gasteiger partial charge is 0.465 e. The summed E-state index contributed by atoms with van der Waals surface area (Å²) < 4.78 is 4.67. The standard InChI is InChI=1S/C13H12N2O2/c1-9-11(13(16)17-2)5-6-12(15-9)10-4-3-7-14-8-10/h3-8H,1-2H3. The van der Waals surface area contributed by atoms with Crippen molar-refractivity contribution in [1.82, 2.24) is 9.97 Å². The summed E-state index contributed by atoms with van der Waals surface area (Å²) >= 11 is 0. The summed E-state index contributed by atoms with van der Waals surface area (Å²) in [4.78, 5) is 19.8. The van der Waals surface area contributed by atoms with Gasteiger partial charge in [-0.1, -0.05) is 0 Å². The fraction of sp³-hybridized carbons (Fsp3) is 0.154. The molecule has 0 aromatic carbocycles. The van der Waals surface area contributed by atoms with E-state index in [-0.39, 0.29) is 5.97 Å². The molecule has 0 aliphatic heterocycles. The Bertz CT molecular complexity index is 538. The maximum absolute atomic E-state index is 11.4. The highest BCUT2D eigenvalue weighted by Crippen LogP contribution is 2.18. The second-order valence-electron chi connectivity index (χ2n) is 3.56. The van der Waals surface area contributed by atoms with Crippen molar-refractivity contribution in [1.29, 1.82) is 0 Å². The van der Waals surface area contributed by atoms with Crippen molar-refractivity contribution < 1.29 is 9.53 Å². The quantitative estimate of drug-likeness (QED) is 0.740. The Hall–Kier alpha value is -2.23. The minimum absolute atomic E-state index is 0.368. The van der Waals surface area contributed by atoms with Crippen molar-refractivity contribution in [3.63, 3.8) is 0 Å². The third-order valence-electron chi connectivity index (χ3n) is 2.45. The number of aryl methyl sites for hydroxylation is 1. The predicted molar refractivity (Wildman–Crippen MR) is 63.5 cm³/mol. The number of rotatable bonds is 2. The number of carbonyl (C=O) groups excluding carboxylic acids is 1. The van der Waals surface area contributed by atoms with Crippen molar-refractivity contribution in [3.05, 3.63) is 47.9 Å². The summed E-state index contributed by atoms with van der Waals surface area (Å²) in [7, 11) is 1.36. The van der Waals surface area contributed by atoms with Crippen molar-refractivity contribution in [2.75, 3.05) is 7.11 Å². The Morgan fingerprint density at radius 3 is 2.71 bits per heavy atom. The molecule has 0 unspecified atom stereocenters. The van der Waals surface area contributed by atoms with Gasteiger partial charge in [-0.25, -0.2) is 4.79 Å². The number of hydrogen-bond acceptors (Lipinski definition) is 4. The molecule has 0 N–H and O–H groups in total. The average molecular weight is 228 g/mol. The summed E-state index contributed by atoms with van der Waals surface area (Å²) in [5.74, 6) is -0.368. The Balaban J connectivity index is 2.41. The molecule has 0 fully saturated rings. The minimum atomic E-state index is -0.368. The maximum atomic E-state index is 11.4. The molecule has 0 atom stereocenters. The predicted octanol–water partition coefficient (Wildman–Crippen LogP) is 2.24. The van der Waals surface area contributed by atoms with E-state index in [0.29, 0.717) is 11.3 Å². The first-order valence-corrected chi connectivity index (χ1v) is 5.18. The normalized spacial score (nSPS) is 10.0. The molecule has 0 aliphatic rings. The molecule has 0 amide bonds. The molecule has 4 nitrogen and oxygen atoms in total. The Morgan fingerprint density at radius 2 is 2.12 bits per heavy atom. The molecule has 4 heteroatoms. The van der Waals surface area contributed by atoms with Crippen LogP contribution in [0.1, 0.15) is 16.1 Å². The number of hydrogen-bond donors (Lipinski definition) is 0. The SMILES string of the molecule is COC(=O)c1ccc(-c2cccnc2)nc1C. The van der Waals surface area contributed by atoms with E-state index in [1.54, 1.807) is 31.5 Å². The fourth-order valence-electron chi connectivity index (χ4n) is 1.56. The number of esters is 1. The highest BCUT2D eigenvalue weighted by molar-refractivity contribution is 5.90. The zero-order valence-corrected chi connectivity index (χ0v) is 9.68. The highest BCUT2D eigenvalue weighted by Gasteiger charge is 2.11. The molecule has 2 rings (SSSR count). The van der Waals surface area contributed by atoms with Crippen molar-refractivity contribution in [2.24, 2.45) is 0 Å². The van der Waals surface area contributed by atoms with E-state index < -0.39 is 0 Å². The molecule has 0 radical (unpaired) electrons. The lowest BCUT2D eigenvalue weighted by atomic mass is 10.1. The number of nitrogens with zero attached hydrogens (tertiary/aromatic N) is 2. The smallest absolute Gasteiger partial charge is 0.339 e. The van der Waals surface area contributed by atoms with Gasteiger partial charge in [0.15, 0.2) is 0 Å². The van der Waals surface area contributed by atoms with E-state index >= 15 is 0 Å². The number of methoxy groups -OCH3 is 1. The van der Waals surface area contributed by atoms with E-state index in [2.05, 4.69) is 14.7 Å². The second-order valence-corrected chi connectivity index (χ2v) is 3.56. The first-order chi connectivity index (χ1) is 8.22. The second kappa shape index (κ2) is 4.74. The van der Waals surface area contributed by atoms with E-state index in [9.17, 15) is 4.79 Å². The molecule has 0 bridgehead atoms. The highest BCUT2D eigenvalue weighted by atomic mass is 16.5. The van der Waals surface area contributed by atoms with Crippen LogP contribution in [0.25, 0.3) is 11.3 Å². The molecule has 2 aromatic heterocycles. The molecule has 2 heterocycles. The first kappa shape index (κ1) is 11.3. The summed E-state index contributed by atoms with van der Waals surface area (Å²) in [6.45, 7) is 1.78. The van der Waals surface area contributed by atoms with Crippen LogP contribution in [0.4, 0.5) is 0 Å². The zero-order valence-electron chi connectivity index (χ0n) is 9.68. The lowest BCUT2D eigenvalue weighted by Gasteiger charge is -2.05. The van der Waals surface area contributed by atoms with Gasteiger partial charge in [0, 0.05) is 18.0 Å². The molecular formula is C13H12N2O2. The first-order valence-electron chi connectivity index (χ1n) is 5.18. The molecule has 0 spiro atoms. The van der Waals surface area contributed by atoms with E-state index in [1.165, 1.54) is 7.11 Å². The fourth-order valence-corrected chi connectivity index (χ4v) is 1.56. The van der Waals surface area contributed by atoms with E-state index in [4.69, 9.17) is 0 Å². The molecule has 17 heavy (non-hydrogen) atoms. The maximum Gasteiger partial charge on any atom is 0.339 e. The van der Waals surface area contributed by atoms with Crippen LogP contribution < -0.4 is 0 Å². The number of carbonyl (C=O) groups is 1.